The summed E-state index contributed by atoms with van der Waals surface area (Å²) in [5, 5.41) is 0. The Morgan fingerprint density at radius 3 is 2.20 bits per heavy atom. The number of unbranched alkanes of at least 4 members (excludes halogenated alkanes) is 3. The van der Waals surface area contributed by atoms with Crippen LogP contribution in [0.1, 0.15) is 50.2 Å². The molecule has 0 aliphatic rings. The zero-order valence-electron chi connectivity index (χ0n) is 15.4. The second kappa shape index (κ2) is 11.8. The largest absolute Gasteiger partial charge is 0.255 e. The van der Waals surface area contributed by atoms with E-state index in [-0.39, 0.29) is 16.5 Å². The first-order valence-electron chi connectivity index (χ1n) is 8.92. The second-order valence-electron chi connectivity index (χ2n) is 6.35. The molecule has 0 amide bonds. The van der Waals surface area contributed by atoms with Gasteiger partial charge in [0.15, 0.2) is 0 Å². The summed E-state index contributed by atoms with van der Waals surface area (Å²) < 4.78 is 0. The molecule has 2 aromatic rings. The molecule has 0 aliphatic carbocycles. The molecule has 0 atom stereocenters. The van der Waals surface area contributed by atoms with Gasteiger partial charge in [-0.2, -0.15) is 0 Å². The SMILES string of the molecule is CCCCCCC(C=Nc1ccccc1)=Nc1cc(C)cc(C)c1.[Ni]. The summed E-state index contributed by atoms with van der Waals surface area (Å²) in [6.07, 6.45) is 7.86. The Balaban J connectivity index is 0.00000312. The number of benzene rings is 2. The van der Waals surface area contributed by atoms with Gasteiger partial charge in [0.1, 0.15) is 0 Å². The van der Waals surface area contributed by atoms with Crippen molar-refractivity contribution in [3.05, 3.63) is 59.7 Å². The van der Waals surface area contributed by atoms with Crippen LogP contribution in [0.25, 0.3) is 0 Å². The van der Waals surface area contributed by atoms with Crippen LogP contribution in [0.3, 0.4) is 0 Å². The number of aliphatic imine (C=N–C) groups is 2. The van der Waals surface area contributed by atoms with E-state index in [4.69, 9.17) is 4.99 Å². The fourth-order valence-corrected chi connectivity index (χ4v) is 2.73. The summed E-state index contributed by atoms with van der Waals surface area (Å²) >= 11 is 0. The molecule has 0 saturated heterocycles. The molecule has 0 aromatic heterocycles. The second-order valence-corrected chi connectivity index (χ2v) is 6.35. The summed E-state index contributed by atoms with van der Waals surface area (Å²) in [6.45, 7) is 6.47. The van der Waals surface area contributed by atoms with Crippen LogP contribution in [0.4, 0.5) is 11.4 Å². The molecular formula is C22H28N2Ni. The molecular weight excluding hydrogens is 351 g/mol. The molecule has 0 radical (unpaired) electrons. The van der Waals surface area contributed by atoms with Crippen LogP contribution >= 0.6 is 0 Å². The van der Waals surface area contributed by atoms with Crippen molar-refractivity contribution in [3.63, 3.8) is 0 Å². The van der Waals surface area contributed by atoms with E-state index < -0.39 is 0 Å². The van der Waals surface area contributed by atoms with Crippen molar-refractivity contribution >= 4 is 23.3 Å². The van der Waals surface area contributed by atoms with Crippen LogP contribution in [0, 0.1) is 13.8 Å². The molecule has 0 spiro atoms. The number of aryl methyl sites for hydroxylation is 2. The quantitative estimate of drug-likeness (QED) is 0.276. The summed E-state index contributed by atoms with van der Waals surface area (Å²) in [7, 11) is 0. The Morgan fingerprint density at radius 1 is 0.880 bits per heavy atom. The Kier molecular flexibility index (Phi) is 10.0. The first-order valence-corrected chi connectivity index (χ1v) is 8.92. The van der Waals surface area contributed by atoms with Crippen LogP contribution in [0.5, 0.6) is 0 Å². The van der Waals surface area contributed by atoms with E-state index in [9.17, 15) is 0 Å². The minimum Gasteiger partial charge on any atom is -0.255 e. The molecule has 136 valence electrons. The molecule has 0 fully saturated rings. The van der Waals surface area contributed by atoms with E-state index >= 15 is 0 Å². The summed E-state index contributed by atoms with van der Waals surface area (Å²) in [6, 6.07) is 16.5. The Morgan fingerprint density at radius 2 is 1.56 bits per heavy atom. The molecule has 0 unspecified atom stereocenters. The number of rotatable bonds is 8. The monoisotopic (exact) mass is 378 g/mol. The summed E-state index contributed by atoms with van der Waals surface area (Å²) in [5.74, 6) is 0. The molecule has 0 saturated carbocycles. The fourth-order valence-electron chi connectivity index (χ4n) is 2.73. The van der Waals surface area contributed by atoms with Crippen molar-refractivity contribution in [2.24, 2.45) is 9.98 Å². The third-order valence-corrected chi connectivity index (χ3v) is 3.88. The van der Waals surface area contributed by atoms with Crippen LogP contribution < -0.4 is 0 Å². The van der Waals surface area contributed by atoms with Gasteiger partial charge < -0.3 is 0 Å². The molecule has 3 heteroatoms. The van der Waals surface area contributed by atoms with Crippen LogP contribution in [-0.4, -0.2) is 11.9 Å². The molecule has 0 aliphatic heterocycles. The molecule has 2 aromatic carbocycles. The molecule has 0 N–H and O–H groups in total. The minimum absolute atomic E-state index is 0. The van der Waals surface area contributed by atoms with Crippen molar-refractivity contribution < 1.29 is 16.5 Å². The van der Waals surface area contributed by atoms with Crippen molar-refractivity contribution in [1.82, 2.24) is 0 Å². The number of hydrogen-bond donors (Lipinski definition) is 0. The van der Waals surface area contributed by atoms with Gasteiger partial charge in [-0.1, -0.05) is 50.5 Å². The molecule has 0 heterocycles. The van der Waals surface area contributed by atoms with Gasteiger partial charge in [-0.25, -0.2) is 0 Å². The first-order chi connectivity index (χ1) is 11.7. The summed E-state index contributed by atoms with van der Waals surface area (Å²) in [4.78, 5) is 9.45. The zero-order valence-corrected chi connectivity index (χ0v) is 16.4. The topological polar surface area (TPSA) is 24.7 Å². The van der Waals surface area contributed by atoms with Gasteiger partial charge in [-0.15, -0.1) is 0 Å². The van der Waals surface area contributed by atoms with Crippen molar-refractivity contribution in [3.8, 4) is 0 Å². The third kappa shape index (κ3) is 8.27. The standard InChI is InChI=1S/C22H28N2.Ni/c1-4-5-6-8-13-21(17-23-20-11-9-7-10-12-20)24-22-15-18(2)14-19(3)16-22;/h7,9-12,14-17H,4-6,8,13H2,1-3H3;. The van der Waals surface area contributed by atoms with Crippen LogP contribution in [0.15, 0.2) is 58.5 Å². The average Bonchev–Trinajstić information content (AvgIpc) is 2.56. The smallest absolute Gasteiger partial charge is 0.0638 e. The Labute approximate surface area is 162 Å². The fraction of sp³-hybridized carbons (Fsp3) is 0.364. The number of para-hydroxylation sites is 1. The first kappa shape index (κ1) is 21.3. The van der Waals surface area contributed by atoms with Crippen molar-refractivity contribution in [2.75, 3.05) is 0 Å². The predicted octanol–water partition coefficient (Wildman–Crippen LogP) is 6.75. The average molecular weight is 379 g/mol. The molecule has 2 rings (SSSR count). The molecule has 25 heavy (non-hydrogen) atoms. The number of nitrogens with zero attached hydrogens (tertiary/aromatic N) is 2. The van der Waals surface area contributed by atoms with Crippen molar-refractivity contribution in [1.29, 1.82) is 0 Å². The number of hydrogen-bond acceptors (Lipinski definition) is 2. The van der Waals surface area contributed by atoms with Crippen molar-refractivity contribution in [2.45, 2.75) is 52.9 Å². The van der Waals surface area contributed by atoms with E-state index in [0.717, 1.165) is 29.9 Å². The van der Waals surface area contributed by atoms with E-state index in [1.807, 2.05) is 36.5 Å². The van der Waals surface area contributed by atoms with E-state index in [1.54, 1.807) is 0 Å². The van der Waals surface area contributed by atoms with E-state index in [1.165, 1.54) is 30.4 Å². The van der Waals surface area contributed by atoms with Gasteiger partial charge in [0.2, 0.25) is 0 Å². The van der Waals surface area contributed by atoms with Gasteiger partial charge in [0, 0.05) is 22.7 Å². The van der Waals surface area contributed by atoms with Crippen LogP contribution in [-0.2, 0) is 16.5 Å². The van der Waals surface area contributed by atoms with Gasteiger partial charge in [-0.3, -0.25) is 9.98 Å². The molecule has 2 nitrogen and oxygen atoms in total. The third-order valence-electron chi connectivity index (χ3n) is 3.88. The maximum absolute atomic E-state index is 4.86. The van der Waals surface area contributed by atoms with E-state index in [0.29, 0.717) is 0 Å². The Hall–Kier alpha value is -1.73. The van der Waals surface area contributed by atoms with Crippen LogP contribution in [0.2, 0.25) is 0 Å². The minimum atomic E-state index is 0. The molecule has 0 bridgehead atoms. The van der Waals surface area contributed by atoms with Gasteiger partial charge >= 0.3 is 0 Å². The zero-order chi connectivity index (χ0) is 17.2. The maximum Gasteiger partial charge on any atom is 0.0638 e. The maximum atomic E-state index is 4.86. The predicted molar refractivity (Wildman–Crippen MR) is 106 cm³/mol. The normalized spacial score (nSPS) is 11.6. The van der Waals surface area contributed by atoms with Gasteiger partial charge in [-0.05, 0) is 62.1 Å². The van der Waals surface area contributed by atoms with E-state index in [2.05, 4.69) is 44.0 Å². The van der Waals surface area contributed by atoms with Gasteiger partial charge in [0.25, 0.3) is 0 Å². The Bertz CT molecular complexity index is 670. The van der Waals surface area contributed by atoms with Gasteiger partial charge in [0.05, 0.1) is 17.1 Å². The summed E-state index contributed by atoms with van der Waals surface area (Å²) in [5.41, 5.74) is 5.55.